The number of carbonyl (C=O) groups excluding carboxylic acids is 4. The number of thioether (sulfide) groups is 1. The highest BCUT2D eigenvalue weighted by Gasteiger charge is 2.70. The monoisotopic (exact) mass is 758 g/mol. The van der Waals surface area contributed by atoms with Crippen molar-refractivity contribution in [1.82, 2.24) is 15.5 Å². The Bertz CT molecular complexity index is 1690. The van der Waals surface area contributed by atoms with Gasteiger partial charge < -0.3 is 41.3 Å². The molecule has 0 saturated heterocycles. The number of carbonyl (C=O) groups is 5. The van der Waals surface area contributed by atoms with Gasteiger partial charge in [-0.05, 0) is 58.0 Å². The van der Waals surface area contributed by atoms with Crippen molar-refractivity contribution in [1.29, 1.82) is 0 Å². The number of phenols is 1. The van der Waals surface area contributed by atoms with E-state index in [-0.39, 0.29) is 36.4 Å². The predicted molar refractivity (Wildman–Crippen MR) is 195 cm³/mol. The second-order valence-electron chi connectivity index (χ2n) is 14.4. The molecular weight excluding hydrogens is 708 g/mol. The second-order valence-corrected chi connectivity index (χ2v) is 15.8. The van der Waals surface area contributed by atoms with E-state index in [1.807, 2.05) is 0 Å². The van der Waals surface area contributed by atoms with Gasteiger partial charge in [0.15, 0.2) is 11.4 Å². The van der Waals surface area contributed by atoms with Crippen molar-refractivity contribution in [3.8, 4) is 5.75 Å². The Balaban J connectivity index is 1.56. The lowest BCUT2D eigenvalue weighted by atomic mass is 9.54. The van der Waals surface area contributed by atoms with E-state index >= 15 is 0 Å². The number of esters is 1. The van der Waals surface area contributed by atoms with Crippen molar-refractivity contribution in [2.45, 2.75) is 93.2 Å². The number of nitrogens with zero attached hydrogens (tertiary/aromatic N) is 1. The lowest BCUT2D eigenvalue weighted by Crippen LogP contribution is -2.71. The van der Waals surface area contributed by atoms with Gasteiger partial charge >= 0.3 is 11.9 Å². The number of nitrogens with two attached hydrogens (primary N) is 1. The smallest absolute Gasteiger partial charge is 0.320 e. The molecule has 1 aromatic carbocycles. The number of benzene rings is 1. The molecule has 0 aliphatic heterocycles. The first-order chi connectivity index (χ1) is 25.2. The summed E-state index contributed by atoms with van der Waals surface area (Å²) in [6, 6.07) is 2.26. The maximum absolute atomic E-state index is 14.8. The van der Waals surface area contributed by atoms with E-state index in [0.29, 0.717) is 36.0 Å². The highest BCUT2D eigenvalue weighted by Crippen LogP contribution is 2.58. The number of unbranched alkanes of at least 4 members (excludes halogenated alkanes) is 1. The maximum atomic E-state index is 14.8. The van der Waals surface area contributed by atoms with Gasteiger partial charge in [0.2, 0.25) is 5.78 Å². The van der Waals surface area contributed by atoms with Crippen LogP contribution in [0.15, 0.2) is 35.1 Å². The SMILES string of the molecule is CCC(=O)O[C@@H]1[C@@H]2C(=C(O)c3c(O)cccc3[C@H]2CSC2CCCC2)C(=O)[C@@]2(O)C(O)=C(C(=O)NCNCCCCC(N)C(=O)O)C(=O)[C@H](N(C)C)[C@@H]12. The molecule has 1 aromatic rings. The van der Waals surface area contributed by atoms with E-state index in [9.17, 15) is 44.4 Å². The summed E-state index contributed by atoms with van der Waals surface area (Å²) in [5.74, 6) is -10.1. The number of ketones is 2. The van der Waals surface area contributed by atoms with Gasteiger partial charge in [-0.3, -0.25) is 34.2 Å². The number of carboxylic acid groups (broad SMARTS) is 1. The molecule has 16 heteroatoms. The van der Waals surface area contributed by atoms with E-state index < -0.39 is 88.0 Å². The van der Waals surface area contributed by atoms with Crippen molar-refractivity contribution < 1.29 is 54.2 Å². The summed E-state index contributed by atoms with van der Waals surface area (Å²) < 4.78 is 6.07. The fraction of sp³-hybridized carbons (Fsp3) is 0.595. The third kappa shape index (κ3) is 7.56. The molecule has 0 aromatic heterocycles. The standard InChI is InChI=1S/C37H50N4O11S/c1-4-23(43)52-32-25-20(16-53-18-10-5-6-11-18)19-12-9-14-22(42)24(19)30(44)26(25)33(46)37(51)28(32)29(41(2)3)31(45)27(34(37)47)35(48)40-17-39-15-8-7-13-21(38)36(49)50/h9,12,14,18,20-21,25,28-29,32,39,42,44,47,51H,4-8,10-11,13,15-17,38H2,1-3H3,(H,40,48)(H,49,50)/t20-,21?,25+,28+,29-,32-,37-/m1/s1. The zero-order valence-electron chi connectivity index (χ0n) is 30.2. The van der Waals surface area contributed by atoms with Gasteiger partial charge in [0.25, 0.3) is 5.91 Å². The van der Waals surface area contributed by atoms with Crippen LogP contribution in [0.25, 0.3) is 5.76 Å². The number of hydrogen-bond acceptors (Lipinski definition) is 14. The lowest BCUT2D eigenvalue weighted by Gasteiger charge is -2.55. The molecular formula is C37H50N4O11S. The fourth-order valence-electron chi connectivity index (χ4n) is 8.28. The zero-order valence-corrected chi connectivity index (χ0v) is 31.0. The number of aliphatic hydroxyl groups excluding tert-OH is 2. The van der Waals surface area contributed by atoms with Crippen LogP contribution in [0.5, 0.6) is 5.75 Å². The van der Waals surface area contributed by atoms with Crippen LogP contribution in [0.4, 0.5) is 0 Å². The van der Waals surface area contributed by atoms with Crippen LogP contribution in [0, 0.1) is 11.8 Å². The highest BCUT2D eigenvalue weighted by molar-refractivity contribution is 7.99. The summed E-state index contributed by atoms with van der Waals surface area (Å²) in [4.78, 5) is 68.2. The minimum atomic E-state index is -3.00. The van der Waals surface area contributed by atoms with Gasteiger partial charge in [-0.15, -0.1) is 0 Å². The quantitative estimate of drug-likeness (QED) is 0.0551. The molecule has 0 spiro atoms. The van der Waals surface area contributed by atoms with Crippen molar-refractivity contribution in [2.24, 2.45) is 17.6 Å². The summed E-state index contributed by atoms with van der Waals surface area (Å²) in [6.45, 7) is 1.73. The Kier molecular flexibility index (Phi) is 12.6. The lowest BCUT2D eigenvalue weighted by molar-refractivity contribution is -0.185. The van der Waals surface area contributed by atoms with Crippen molar-refractivity contribution in [3.63, 3.8) is 0 Å². The number of aromatic hydroxyl groups is 1. The highest BCUT2D eigenvalue weighted by atomic mass is 32.2. The first-order valence-electron chi connectivity index (χ1n) is 18.1. The van der Waals surface area contributed by atoms with Crippen LogP contribution >= 0.6 is 11.8 Å². The number of hydrogen-bond donors (Lipinski definition) is 8. The number of Topliss-reactive ketones (excluding diaryl/α,β-unsaturated/α-hetero) is 2. The largest absolute Gasteiger partial charge is 0.508 e. The molecule has 1 unspecified atom stereocenters. The van der Waals surface area contributed by atoms with Gasteiger partial charge in [0, 0.05) is 34.8 Å². The van der Waals surface area contributed by atoms with E-state index in [4.69, 9.17) is 15.6 Å². The molecule has 7 atom stereocenters. The number of phenolic OH excluding ortho intramolecular Hbond substituents is 1. The number of aliphatic carboxylic acids is 1. The van der Waals surface area contributed by atoms with E-state index in [2.05, 4.69) is 10.6 Å². The third-order valence-corrected chi connectivity index (χ3v) is 12.4. The minimum Gasteiger partial charge on any atom is -0.508 e. The molecule has 1 amide bonds. The van der Waals surface area contributed by atoms with Gasteiger partial charge in [-0.25, -0.2) is 0 Å². The Morgan fingerprint density at radius 2 is 1.81 bits per heavy atom. The number of ether oxygens (including phenoxy) is 1. The Labute approximate surface area is 312 Å². The van der Waals surface area contributed by atoms with Crippen LogP contribution < -0.4 is 16.4 Å². The minimum absolute atomic E-state index is 0.0137. The average molecular weight is 759 g/mol. The molecule has 4 aliphatic rings. The van der Waals surface area contributed by atoms with Gasteiger partial charge in [0.1, 0.15) is 35.0 Å². The molecule has 4 aliphatic carbocycles. The number of nitrogens with one attached hydrogen (secondary N) is 2. The summed E-state index contributed by atoms with van der Waals surface area (Å²) in [5, 5.41) is 61.8. The molecule has 2 saturated carbocycles. The van der Waals surface area contributed by atoms with E-state index in [1.54, 1.807) is 30.8 Å². The Morgan fingerprint density at radius 3 is 2.45 bits per heavy atom. The van der Waals surface area contributed by atoms with Crippen molar-refractivity contribution >= 4 is 46.9 Å². The molecule has 15 nitrogen and oxygen atoms in total. The second kappa shape index (κ2) is 16.6. The maximum Gasteiger partial charge on any atom is 0.320 e. The normalized spacial score (nSPS) is 27.7. The fourth-order valence-corrected chi connectivity index (χ4v) is 9.81. The number of carboxylic acids is 1. The molecule has 53 heavy (non-hydrogen) atoms. The number of fused-ring (bicyclic) bond motifs is 3. The van der Waals surface area contributed by atoms with Crippen LogP contribution in [-0.4, -0.2) is 122 Å². The van der Waals surface area contributed by atoms with Gasteiger partial charge in [-0.2, -0.15) is 11.8 Å². The molecule has 9 N–H and O–H groups in total. The molecule has 0 radical (unpaired) electrons. The Hall–Kier alpha value is -3.96. The third-order valence-electron chi connectivity index (χ3n) is 10.9. The van der Waals surface area contributed by atoms with Gasteiger partial charge in [0.05, 0.1) is 24.2 Å². The average Bonchev–Trinajstić information content (AvgIpc) is 3.64. The number of likely N-dealkylation sites (N-methyl/N-ethyl adjacent to an activating group) is 1. The predicted octanol–water partition coefficient (Wildman–Crippen LogP) is 1.87. The summed E-state index contributed by atoms with van der Waals surface area (Å²) in [7, 11) is 3.01. The van der Waals surface area contributed by atoms with Crippen molar-refractivity contribution in [3.05, 3.63) is 46.2 Å². The van der Waals surface area contributed by atoms with Crippen LogP contribution in [0.2, 0.25) is 0 Å². The first kappa shape index (κ1) is 40.2. The summed E-state index contributed by atoms with van der Waals surface area (Å²) in [6.07, 6.45) is 3.89. The van der Waals surface area contributed by atoms with Crippen LogP contribution in [0.1, 0.15) is 75.3 Å². The first-order valence-corrected chi connectivity index (χ1v) is 19.2. The Morgan fingerprint density at radius 1 is 1.11 bits per heavy atom. The van der Waals surface area contributed by atoms with Crippen molar-refractivity contribution in [2.75, 3.05) is 33.1 Å². The van der Waals surface area contributed by atoms with E-state index in [1.165, 1.54) is 25.1 Å². The number of rotatable bonds is 15. The van der Waals surface area contributed by atoms with Crippen LogP contribution in [0.3, 0.4) is 0 Å². The molecule has 0 bridgehead atoms. The number of aliphatic hydroxyl groups is 3. The summed E-state index contributed by atoms with van der Waals surface area (Å²) >= 11 is 1.68. The van der Waals surface area contributed by atoms with Gasteiger partial charge in [-0.1, -0.05) is 38.3 Å². The number of amides is 1. The molecule has 290 valence electrons. The molecule has 0 heterocycles. The van der Waals surface area contributed by atoms with E-state index in [0.717, 1.165) is 25.7 Å². The molecule has 5 rings (SSSR count). The molecule has 2 fully saturated rings. The summed E-state index contributed by atoms with van der Waals surface area (Å²) in [5.41, 5.74) is 1.78. The van der Waals surface area contributed by atoms with Crippen LogP contribution in [-0.2, 0) is 28.7 Å². The zero-order chi connectivity index (χ0) is 38.8. The topological polar surface area (TPSA) is 249 Å².